The third-order valence-corrected chi connectivity index (χ3v) is 26.3. The molecule has 0 aliphatic heterocycles. The van der Waals surface area contributed by atoms with E-state index in [1.54, 1.807) is 13.1 Å². The molecule has 1 nitrogen and oxygen atoms in total. The Morgan fingerprint density at radius 1 is 0.350 bits per heavy atom. The molecule has 0 aromatic heterocycles. The Morgan fingerprint density at radius 2 is 0.550 bits per heavy atom. The van der Waals surface area contributed by atoms with Crippen LogP contribution in [0, 0.1) is 0 Å². The molecule has 40 heavy (non-hydrogen) atoms. The quantitative estimate of drug-likeness (QED) is 0.118. The maximum atomic E-state index is 2.50. The van der Waals surface area contributed by atoms with Gasteiger partial charge in [0.2, 0.25) is 0 Å². The van der Waals surface area contributed by atoms with Crippen molar-refractivity contribution in [3.05, 3.63) is 72.8 Å². The van der Waals surface area contributed by atoms with Crippen molar-refractivity contribution in [3.8, 4) is 0 Å². The van der Waals surface area contributed by atoms with Gasteiger partial charge in [0.05, 0.1) is 0 Å². The van der Waals surface area contributed by atoms with E-state index in [-0.39, 0.29) is 0 Å². The van der Waals surface area contributed by atoms with Crippen molar-refractivity contribution in [2.24, 2.45) is 0 Å². The van der Waals surface area contributed by atoms with Gasteiger partial charge < -0.3 is 0 Å². The van der Waals surface area contributed by atoms with E-state index in [9.17, 15) is 0 Å². The van der Waals surface area contributed by atoms with E-state index >= 15 is 0 Å². The van der Waals surface area contributed by atoms with Crippen molar-refractivity contribution in [2.45, 2.75) is 111 Å². The first-order valence-electron chi connectivity index (χ1n) is 15.9. The molecule has 0 spiro atoms. The molecule has 218 valence electrons. The Morgan fingerprint density at radius 3 is 0.725 bits per heavy atom. The van der Waals surface area contributed by atoms with Gasteiger partial charge in [0.25, 0.3) is 0 Å². The average Bonchev–Trinajstić information content (AvgIpc) is 2.98. The molecule has 0 saturated carbocycles. The average molecular weight is 726 g/mol. The van der Waals surface area contributed by atoms with Gasteiger partial charge in [-0.1, -0.05) is 0 Å². The third-order valence-electron chi connectivity index (χ3n) is 7.38. The van der Waals surface area contributed by atoms with Crippen molar-refractivity contribution in [1.29, 1.82) is 0 Å². The second kappa shape index (κ2) is 18.6. The summed E-state index contributed by atoms with van der Waals surface area (Å²) in [6.45, 7) is 14.1. The summed E-state index contributed by atoms with van der Waals surface area (Å²) in [5.74, 6) is 0. The first kappa shape index (κ1) is 33.6. The van der Waals surface area contributed by atoms with Gasteiger partial charge in [-0.25, -0.2) is 0 Å². The van der Waals surface area contributed by atoms with Crippen LogP contribution in [0.15, 0.2) is 72.8 Å². The Kier molecular flexibility index (Phi) is 15.7. The topological polar surface area (TPSA) is 3.24 Å². The fraction of sp³-hybridized carbons (Fsp3) is 0.500. The van der Waals surface area contributed by atoms with E-state index in [2.05, 4.69) is 119 Å². The molecular weight excluding hydrogens is 671 g/mol. The van der Waals surface area contributed by atoms with Gasteiger partial charge in [-0.15, -0.1) is 0 Å². The Hall–Kier alpha value is -0.865. The van der Waals surface area contributed by atoms with E-state index in [1.807, 2.05) is 0 Å². The number of rotatable bonds is 18. The zero-order chi connectivity index (χ0) is 28.7. The van der Waals surface area contributed by atoms with Crippen LogP contribution in [0.5, 0.6) is 0 Å². The summed E-state index contributed by atoms with van der Waals surface area (Å²) < 4.78 is 4.94. The number of hydrogen-bond donors (Lipinski definition) is 0. The number of hydrogen-bond acceptors (Lipinski definition) is 1. The summed E-state index contributed by atoms with van der Waals surface area (Å²) in [7, 11) is 0. The van der Waals surface area contributed by atoms with Crippen LogP contribution in [-0.2, 0) is 0 Å². The molecule has 3 aromatic carbocycles. The minimum atomic E-state index is -0.942. The molecule has 0 fully saturated rings. The Labute approximate surface area is 261 Å². The summed E-state index contributed by atoms with van der Waals surface area (Å²) in [5, 5.41) is 8.55. The van der Waals surface area contributed by atoms with Gasteiger partial charge in [0, 0.05) is 0 Å². The number of anilines is 3. The van der Waals surface area contributed by atoms with Gasteiger partial charge in [-0.3, -0.25) is 0 Å². The van der Waals surface area contributed by atoms with Crippen molar-refractivity contribution < 1.29 is 0 Å². The van der Waals surface area contributed by atoms with E-state index in [4.69, 9.17) is 0 Å². The van der Waals surface area contributed by atoms with Crippen LogP contribution in [0.1, 0.15) is 80.1 Å². The van der Waals surface area contributed by atoms with E-state index < -0.39 is 44.0 Å². The van der Waals surface area contributed by atoms with Crippen LogP contribution in [-0.4, -0.2) is 44.0 Å². The van der Waals surface area contributed by atoms with Crippen LogP contribution in [0.2, 0.25) is 31.3 Å². The first-order chi connectivity index (χ1) is 19.6. The first-order valence-corrected chi connectivity index (χ1v) is 26.7. The second-order valence-electron chi connectivity index (χ2n) is 10.8. The van der Waals surface area contributed by atoms with Crippen LogP contribution >= 0.6 is 0 Å². The van der Waals surface area contributed by atoms with Gasteiger partial charge >= 0.3 is 263 Å². The van der Waals surface area contributed by atoms with Crippen LogP contribution in [0.4, 0.5) is 17.1 Å². The summed E-state index contributed by atoms with van der Waals surface area (Å²) in [6.07, 6.45) is 7.88. The summed E-state index contributed by atoms with van der Waals surface area (Å²) in [6, 6.07) is 29.2. The minimum absolute atomic E-state index is 0.942. The fourth-order valence-electron chi connectivity index (χ4n) is 5.61. The Bertz CT molecular complexity index is 919. The standard InChI is InChI=1S/C36H54As3N/c1-7-25-37(26-8-2)31-13-19-34(20-14-31)40(35-21-15-32(16-22-35)38(27-9-3)28-10-4)36-23-17-33(18-24-36)39(29-11-5)30-12-6/h13-24H,7-12,25-30H2,1-6H3. The zero-order valence-electron chi connectivity index (χ0n) is 26.2. The van der Waals surface area contributed by atoms with Crippen molar-refractivity contribution >= 4 is 74.1 Å². The zero-order valence-corrected chi connectivity index (χ0v) is 31.8. The van der Waals surface area contributed by atoms with Gasteiger partial charge in [-0.2, -0.15) is 0 Å². The number of benzene rings is 3. The monoisotopic (exact) mass is 725 g/mol. The molecule has 0 N–H and O–H groups in total. The van der Waals surface area contributed by atoms with E-state index in [0.717, 1.165) is 0 Å². The molecule has 0 bridgehead atoms. The van der Waals surface area contributed by atoms with Crippen LogP contribution < -0.4 is 18.0 Å². The SMILES string of the molecule is CCC[As](CCC)c1ccc(N(c2ccc([As](CCC)CCC)cc2)c2ccc([As](CCC)CCC)cc2)cc1. The van der Waals surface area contributed by atoms with Crippen LogP contribution in [0.3, 0.4) is 0 Å². The number of nitrogens with zero attached hydrogens (tertiary/aromatic N) is 1. The van der Waals surface area contributed by atoms with Crippen molar-refractivity contribution in [1.82, 2.24) is 0 Å². The molecule has 3 aromatic rings. The van der Waals surface area contributed by atoms with Crippen LogP contribution in [0.25, 0.3) is 0 Å². The van der Waals surface area contributed by atoms with Gasteiger partial charge in [-0.05, 0) is 0 Å². The molecule has 0 amide bonds. The second-order valence-corrected chi connectivity index (χ2v) is 26.5. The third kappa shape index (κ3) is 9.58. The summed E-state index contributed by atoms with van der Waals surface area (Å²) in [4.78, 5) is 2.50. The fourth-order valence-corrected chi connectivity index (χ4v) is 20.7. The summed E-state index contributed by atoms with van der Waals surface area (Å²) in [5.41, 5.74) is 3.87. The van der Waals surface area contributed by atoms with Crippen molar-refractivity contribution in [2.75, 3.05) is 4.90 Å². The molecule has 0 radical (unpaired) electrons. The molecule has 0 heterocycles. The van der Waals surface area contributed by atoms with E-state index in [1.165, 1.54) is 86.8 Å². The summed E-state index contributed by atoms with van der Waals surface area (Å²) >= 11 is -2.83. The molecule has 0 aliphatic rings. The molecular formula is C36H54As3N. The van der Waals surface area contributed by atoms with Gasteiger partial charge in [0.15, 0.2) is 0 Å². The van der Waals surface area contributed by atoms with Crippen molar-refractivity contribution in [3.63, 3.8) is 0 Å². The predicted octanol–water partition coefficient (Wildman–Crippen LogP) is 9.72. The predicted molar refractivity (Wildman–Crippen MR) is 188 cm³/mol. The normalized spacial score (nSPS) is 11.6. The Balaban J connectivity index is 2.00. The molecule has 0 saturated heterocycles. The van der Waals surface area contributed by atoms with E-state index in [0.29, 0.717) is 0 Å². The maximum absolute atomic E-state index is 2.50. The molecule has 0 atom stereocenters. The molecule has 3 rings (SSSR count). The molecule has 4 heteroatoms. The van der Waals surface area contributed by atoms with Gasteiger partial charge in [0.1, 0.15) is 0 Å². The molecule has 0 aliphatic carbocycles. The molecule has 0 unspecified atom stereocenters.